The number of nitrogens with zero attached hydrogens (tertiary/aromatic N) is 5. The molecule has 0 unspecified atom stereocenters. The number of fused-ring (bicyclic) bond motifs is 2. The molecule has 0 saturated heterocycles. The van der Waals surface area contributed by atoms with E-state index in [0.29, 0.717) is 16.9 Å². The normalized spacial score (nSPS) is 18.3. The van der Waals surface area contributed by atoms with Crippen molar-refractivity contribution in [3.05, 3.63) is 53.6 Å². The lowest BCUT2D eigenvalue weighted by molar-refractivity contribution is -0.0682. The van der Waals surface area contributed by atoms with E-state index in [-0.39, 0.29) is 11.3 Å². The molecule has 3 heterocycles. The number of hydrogen-bond acceptors (Lipinski definition) is 4. The first-order valence-electron chi connectivity index (χ1n) is 7.54. The fraction of sp³-hybridized carbons (Fsp3) is 0.294. The van der Waals surface area contributed by atoms with Crippen molar-refractivity contribution in [2.75, 3.05) is 0 Å². The van der Waals surface area contributed by atoms with Crippen LogP contribution >= 0.6 is 0 Å². The average molecular weight is 327 g/mol. The van der Waals surface area contributed by atoms with Crippen molar-refractivity contribution >= 4 is 16.7 Å². The summed E-state index contributed by atoms with van der Waals surface area (Å²) in [5.41, 5.74) is 0.651. The summed E-state index contributed by atoms with van der Waals surface area (Å²) in [6, 6.07) is 7.40. The smallest absolute Gasteiger partial charge is 0.275 e. The second-order valence-corrected chi connectivity index (χ2v) is 6.40. The lowest BCUT2D eigenvalue weighted by atomic mass is 9.86. The van der Waals surface area contributed by atoms with Crippen molar-refractivity contribution in [3.8, 4) is 0 Å². The molecule has 0 atom stereocenters. The molecule has 0 radical (unpaired) electrons. The summed E-state index contributed by atoms with van der Waals surface area (Å²) in [6.45, 7) is 2.83. The fourth-order valence-electron chi connectivity index (χ4n) is 2.88. The molecule has 24 heavy (non-hydrogen) atoms. The molecular weight excluding hydrogens is 312 g/mol. The zero-order valence-electron chi connectivity index (χ0n) is 13.5. The van der Waals surface area contributed by atoms with Crippen molar-refractivity contribution in [3.63, 3.8) is 0 Å². The van der Waals surface area contributed by atoms with Gasteiger partial charge in [-0.25, -0.2) is 4.98 Å². The van der Waals surface area contributed by atoms with E-state index in [9.17, 15) is 8.78 Å². The Labute approximate surface area is 137 Å². The molecule has 0 N–H and O–H groups in total. The highest BCUT2D eigenvalue weighted by Crippen LogP contribution is 2.46. The second-order valence-electron chi connectivity index (χ2n) is 6.40. The topological polar surface area (TPSA) is 56.0 Å². The van der Waals surface area contributed by atoms with Gasteiger partial charge in [-0.15, -0.1) is 0 Å². The Morgan fingerprint density at radius 2 is 1.79 bits per heavy atom. The second kappa shape index (κ2) is 4.66. The zero-order valence-corrected chi connectivity index (χ0v) is 13.5. The third-order valence-corrected chi connectivity index (χ3v) is 4.24. The standard InChI is InChI=1S/C17H15F2N5/c1-16(2)17(18,19)10-9-24(3)23-14(10)15(22-16)13-8-20-11-6-4-5-7-12(11)21-13/h4-9H,1-3H3. The number of aryl methyl sites for hydroxylation is 1. The summed E-state index contributed by atoms with van der Waals surface area (Å²) in [5, 5.41) is 4.19. The number of halogens is 2. The Bertz CT molecular complexity index is 988. The Morgan fingerprint density at radius 1 is 1.08 bits per heavy atom. The number of benzene rings is 1. The van der Waals surface area contributed by atoms with Gasteiger partial charge >= 0.3 is 5.92 Å². The predicted molar refractivity (Wildman–Crippen MR) is 86.4 cm³/mol. The summed E-state index contributed by atoms with van der Waals surface area (Å²) in [5.74, 6) is -3.11. The van der Waals surface area contributed by atoms with E-state index in [4.69, 9.17) is 0 Å². The van der Waals surface area contributed by atoms with Crippen molar-refractivity contribution < 1.29 is 8.78 Å². The maximum absolute atomic E-state index is 14.7. The number of alkyl halides is 2. The molecule has 0 bridgehead atoms. The molecule has 0 fully saturated rings. The molecule has 2 aromatic heterocycles. The first-order chi connectivity index (χ1) is 11.3. The van der Waals surface area contributed by atoms with Gasteiger partial charge in [-0.3, -0.25) is 14.7 Å². The first-order valence-corrected chi connectivity index (χ1v) is 7.54. The predicted octanol–water partition coefficient (Wildman–Crippen LogP) is 3.08. The molecule has 5 nitrogen and oxygen atoms in total. The number of rotatable bonds is 1. The minimum absolute atomic E-state index is 0.130. The fourth-order valence-corrected chi connectivity index (χ4v) is 2.88. The SMILES string of the molecule is Cn1cc2c(n1)C(c1cnc3ccccc3n1)=NC(C)(C)C2(F)F. The van der Waals surface area contributed by atoms with E-state index in [1.807, 2.05) is 24.3 Å². The maximum Gasteiger partial charge on any atom is 0.300 e. The monoisotopic (exact) mass is 327 g/mol. The van der Waals surface area contributed by atoms with Crippen LogP contribution in [-0.2, 0) is 13.0 Å². The summed E-state index contributed by atoms with van der Waals surface area (Å²) in [7, 11) is 1.62. The van der Waals surface area contributed by atoms with Gasteiger partial charge < -0.3 is 0 Å². The van der Waals surface area contributed by atoms with Crippen LogP contribution in [0.4, 0.5) is 8.78 Å². The molecule has 122 valence electrons. The van der Waals surface area contributed by atoms with E-state index in [2.05, 4.69) is 20.1 Å². The Kier molecular flexibility index (Phi) is 2.88. The molecule has 1 aliphatic rings. The molecule has 0 saturated carbocycles. The highest BCUT2D eigenvalue weighted by atomic mass is 19.3. The Hall–Kier alpha value is -2.70. The quantitative estimate of drug-likeness (QED) is 0.690. The summed E-state index contributed by atoms with van der Waals surface area (Å²) in [4.78, 5) is 13.2. The van der Waals surface area contributed by atoms with Crippen LogP contribution in [0, 0.1) is 0 Å². The summed E-state index contributed by atoms with van der Waals surface area (Å²) < 4.78 is 30.8. The largest absolute Gasteiger partial charge is 0.300 e. The van der Waals surface area contributed by atoms with Crippen LogP contribution < -0.4 is 0 Å². The summed E-state index contributed by atoms with van der Waals surface area (Å²) >= 11 is 0. The van der Waals surface area contributed by atoms with Crippen molar-refractivity contribution in [2.45, 2.75) is 25.3 Å². The first kappa shape index (κ1) is 14.9. The minimum Gasteiger partial charge on any atom is -0.275 e. The molecule has 3 aromatic rings. The molecular formula is C17H15F2N5. The highest BCUT2D eigenvalue weighted by Gasteiger charge is 2.54. The maximum atomic E-state index is 14.7. The Morgan fingerprint density at radius 3 is 2.54 bits per heavy atom. The van der Waals surface area contributed by atoms with Crippen LogP contribution in [0.5, 0.6) is 0 Å². The van der Waals surface area contributed by atoms with E-state index in [1.165, 1.54) is 24.7 Å². The van der Waals surface area contributed by atoms with Gasteiger partial charge in [-0.2, -0.15) is 13.9 Å². The van der Waals surface area contributed by atoms with Crippen LogP contribution in [0.2, 0.25) is 0 Å². The number of hydrogen-bond donors (Lipinski definition) is 0. The van der Waals surface area contributed by atoms with Crippen molar-refractivity contribution in [1.29, 1.82) is 0 Å². The van der Waals surface area contributed by atoms with Crippen LogP contribution in [0.25, 0.3) is 11.0 Å². The van der Waals surface area contributed by atoms with Gasteiger partial charge in [-0.05, 0) is 26.0 Å². The van der Waals surface area contributed by atoms with E-state index >= 15 is 0 Å². The summed E-state index contributed by atoms with van der Waals surface area (Å²) in [6.07, 6.45) is 2.90. The highest BCUT2D eigenvalue weighted by molar-refractivity contribution is 6.12. The average Bonchev–Trinajstić information content (AvgIpc) is 2.94. The van der Waals surface area contributed by atoms with Gasteiger partial charge in [0.15, 0.2) is 0 Å². The number of aromatic nitrogens is 4. The van der Waals surface area contributed by atoms with Gasteiger partial charge in [0.25, 0.3) is 0 Å². The van der Waals surface area contributed by atoms with Crippen molar-refractivity contribution in [2.24, 2.45) is 12.0 Å². The van der Waals surface area contributed by atoms with Gasteiger partial charge in [-0.1, -0.05) is 12.1 Å². The van der Waals surface area contributed by atoms with E-state index in [1.54, 1.807) is 13.2 Å². The third-order valence-electron chi connectivity index (χ3n) is 4.24. The zero-order chi connectivity index (χ0) is 17.1. The molecule has 0 aliphatic carbocycles. The minimum atomic E-state index is -3.11. The third kappa shape index (κ3) is 1.97. The van der Waals surface area contributed by atoms with Crippen molar-refractivity contribution in [1.82, 2.24) is 19.7 Å². The molecule has 1 aliphatic heterocycles. The molecule has 0 spiro atoms. The molecule has 1 aromatic carbocycles. The van der Waals surface area contributed by atoms with Gasteiger partial charge in [0.1, 0.15) is 22.6 Å². The van der Waals surface area contributed by atoms with Crippen LogP contribution in [-0.4, -0.2) is 31.0 Å². The molecule has 4 rings (SSSR count). The lowest BCUT2D eigenvalue weighted by Crippen LogP contribution is -2.44. The van der Waals surface area contributed by atoms with Gasteiger partial charge in [0.05, 0.1) is 22.8 Å². The van der Waals surface area contributed by atoms with Crippen LogP contribution in [0.15, 0.2) is 41.7 Å². The van der Waals surface area contributed by atoms with Crippen LogP contribution in [0.3, 0.4) is 0 Å². The van der Waals surface area contributed by atoms with Crippen LogP contribution in [0.1, 0.15) is 30.8 Å². The number of para-hydroxylation sites is 2. The van der Waals surface area contributed by atoms with Gasteiger partial charge in [0.2, 0.25) is 0 Å². The number of aliphatic imine (C=N–C) groups is 1. The molecule has 7 heteroatoms. The Balaban J connectivity index is 1.97. The van der Waals surface area contributed by atoms with E-state index < -0.39 is 11.5 Å². The molecule has 0 amide bonds. The van der Waals surface area contributed by atoms with Gasteiger partial charge in [0, 0.05) is 13.2 Å². The van der Waals surface area contributed by atoms with E-state index in [0.717, 1.165) is 5.52 Å². The lowest BCUT2D eigenvalue weighted by Gasteiger charge is -2.34.